The number of primary amides is 1. The standard InChI is InChI=1S/C9H10N2O2S/c10-8(12)13-9(14)11-6-7-4-2-1-3-5-7/h1-5H,6H2,(H2,10,12)(H,11,14). The van der Waals surface area contributed by atoms with Crippen molar-refractivity contribution in [3.05, 3.63) is 35.9 Å². The highest BCUT2D eigenvalue weighted by Gasteiger charge is 2.00. The first-order chi connectivity index (χ1) is 6.68. The van der Waals surface area contributed by atoms with Gasteiger partial charge in [0, 0.05) is 6.54 Å². The van der Waals surface area contributed by atoms with Gasteiger partial charge in [-0.2, -0.15) is 0 Å². The van der Waals surface area contributed by atoms with Crippen LogP contribution in [-0.2, 0) is 11.3 Å². The van der Waals surface area contributed by atoms with Crippen molar-refractivity contribution in [3.8, 4) is 0 Å². The summed E-state index contributed by atoms with van der Waals surface area (Å²) in [4.78, 5) is 10.3. The molecule has 0 radical (unpaired) electrons. The third-order valence-corrected chi connectivity index (χ3v) is 1.70. The van der Waals surface area contributed by atoms with Crippen molar-refractivity contribution < 1.29 is 9.53 Å². The van der Waals surface area contributed by atoms with E-state index in [1.807, 2.05) is 30.3 Å². The van der Waals surface area contributed by atoms with Crippen LogP contribution < -0.4 is 11.1 Å². The molecule has 1 aromatic carbocycles. The first-order valence-electron chi connectivity index (χ1n) is 3.97. The molecule has 0 aliphatic heterocycles. The fraction of sp³-hybridized carbons (Fsp3) is 0.111. The molecular weight excluding hydrogens is 200 g/mol. The number of thiocarbonyl (C=S) groups is 1. The average molecular weight is 210 g/mol. The van der Waals surface area contributed by atoms with E-state index in [1.165, 1.54) is 0 Å². The third kappa shape index (κ3) is 3.86. The molecule has 0 aromatic heterocycles. The maximum absolute atomic E-state index is 10.3. The molecule has 74 valence electrons. The number of nitrogens with two attached hydrogens (primary N) is 1. The molecule has 0 heterocycles. The maximum atomic E-state index is 10.3. The number of ether oxygens (including phenoxy) is 1. The van der Waals surface area contributed by atoms with Crippen LogP contribution in [0.4, 0.5) is 4.79 Å². The van der Waals surface area contributed by atoms with Gasteiger partial charge in [-0.25, -0.2) is 4.79 Å². The molecule has 0 bridgehead atoms. The summed E-state index contributed by atoms with van der Waals surface area (Å²) in [5.41, 5.74) is 5.82. The lowest BCUT2D eigenvalue weighted by Crippen LogP contribution is -2.28. The molecule has 0 unspecified atom stereocenters. The number of nitrogens with one attached hydrogen (secondary N) is 1. The van der Waals surface area contributed by atoms with Gasteiger partial charge in [0.05, 0.1) is 0 Å². The van der Waals surface area contributed by atoms with E-state index in [1.54, 1.807) is 0 Å². The molecule has 0 saturated heterocycles. The molecule has 0 aliphatic carbocycles. The van der Waals surface area contributed by atoms with E-state index < -0.39 is 6.09 Å². The number of carbonyl (C=O) groups is 1. The van der Waals surface area contributed by atoms with Gasteiger partial charge in [-0.3, -0.25) is 0 Å². The van der Waals surface area contributed by atoms with Gasteiger partial charge >= 0.3 is 6.09 Å². The van der Waals surface area contributed by atoms with Crippen molar-refractivity contribution in [1.29, 1.82) is 0 Å². The highest BCUT2D eigenvalue weighted by molar-refractivity contribution is 7.80. The lowest BCUT2D eigenvalue weighted by atomic mass is 10.2. The largest absolute Gasteiger partial charge is 0.411 e. The van der Waals surface area contributed by atoms with Crippen LogP contribution in [0.3, 0.4) is 0 Å². The first-order valence-corrected chi connectivity index (χ1v) is 4.38. The summed E-state index contributed by atoms with van der Waals surface area (Å²) in [6, 6.07) is 9.60. The van der Waals surface area contributed by atoms with Gasteiger partial charge in [0.1, 0.15) is 0 Å². The van der Waals surface area contributed by atoms with Gasteiger partial charge in [0.15, 0.2) is 0 Å². The van der Waals surface area contributed by atoms with Crippen LogP contribution in [-0.4, -0.2) is 11.3 Å². The molecule has 1 aromatic rings. The predicted octanol–water partition coefficient (Wildman–Crippen LogP) is 1.16. The Bertz CT molecular complexity index is 327. The highest BCUT2D eigenvalue weighted by Crippen LogP contribution is 1.97. The normalized spacial score (nSPS) is 9.14. The summed E-state index contributed by atoms with van der Waals surface area (Å²) >= 11 is 4.70. The van der Waals surface area contributed by atoms with E-state index >= 15 is 0 Å². The quantitative estimate of drug-likeness (QED) is 0.719. The molecule has 3 N–H and O–H groups in total. The van der Waals surface area contributed by atoms with Gasteiger partial charge in [-0.15, -0.1) is 0 Å². The minimum atomic E-state index is -0.907. The van der Waals surface area contributed by atoms with Crippen LogP contribution in [0.5, 0.6) is 0 Å². The smallest absolute Gasteiger partial charge is 0.383 e. The molecule has 0 atom stereocenters. The van der Waals surface area contributed by atoms with Crippen molar-refractivity contribution in [2.45, 2.75) is 6.54 Å². The molecule has 5 heteroatoms. The molecule has 14 heavy (non-hydrogen) atoms. The first kappa shape index (κ1) is 10.5. The highest BCUT2D eigenvalue weighted by atomic mass is 32.1. The Morgan fingerprint density at radius 3 is 2.64 bits per heavy atom. The van der Waals surface area contributed by atoms with Crippen molar-refractivity contribution in [1.82, 2.24) is 5.32 Å². The van der Waals surface area contributed by atoms with Crippen LogP contribution in [0.1, 0.15) is 5.56 Å². The Morgan fingerprint density at radius 2 is 2.07 bits per heavy atom. The topological polar surface area (TPSA) is 64.4 Å². The van der Waals surface area contributed by atoms with Gasteiger partial charge in [0.25, 0.3) is 5.17 Å². The summed E-state index contributed by atoms with van der Waals surface area (Å²) in [6.07, 6.45) is -0.907. The van der Waals surface area contributed by atoms with Crippen LogP contribution in [0.15, 0.2) is 30.3 Å². The van der Waals surface area contributed by atoms with Crippen molar-refractivity contribution >= 4 is 23.5 Å². The molecule has 0 aliphatic rings. The summed E-state index contributed by atoms with van der Waals surface area (Å²) < 4.78 is 4.43. The van der Waals surface area contributed by atoms with Gasteiger partial charge in [0.2, 0.25) is 0 Å². The zero-order valence-corrected chi connectivity index (χ0v) is 8.21. The lowest BCUT2D eigenvalue weighted by molar-refractivity contribution is 0.207. The Labute approximate surface area is 87.0 Å². The van der Waals surface area contributed by atoms with E-state index in [0.717, 1.165) is 5.56 Å². The number of benzene rings is 1. The molecule has 0 spiro atoms. The van der Waals surface area contributed by atoms with Crippen LogP contribution in [0.2, 0.25) is 0 Å². The summed E-state index contributed by atoms with van der Waals surface area (Å²) in [5, 5.41) is 2.73. The molecule has 0 saturated carbocycles. The second-order valence-corrected chi connectivity index (χ2v) is 2.92. The average Bonchev–Trinajstić information content (AvgIpc) is 2.15. The van der Waals surface area contributed by atoms with Crippen LogP contribution >= 0.6 is 12.2 Å². The van der Waals surface area contributed by atoms with Crippen LogP contribution in [0, 0.1) is 0 Å². The summed E-state index contributed by atoms with van der Waals surface area (Å²) in [6.45, 7) is 0.507. The Hall–Kier alpha value is -1.62. The van der Waals surface area contributed by atoms with Gasteiger partial charge in [-0.1, -0.05) is 30.3 Å². The lowest BCUT2D eigenvalue weighted by Gasteiger charge is -2.05. The number of rotatable bonds is 2. The monoisotopic (exact) mass is 210 g/mol. The number of carbonyl (C=O) groups excluding carboxylic acids is 1. The fourth-order valence-corrected chi connectivity index (χ4v) is 1.05. The van der Waals surface area contributed by atoms with Crippen molar-refractivity contribution in [2.75, 3.05) is 0 Å². The maximum Gasteiger partial charge on any atom is 0.411 e. The summed E-state index contributed by atoms with van der Waals surface area (Å²) in [5.74, 6) is 0. The number of hydrogen-bond donors (Lipinski definition) is 2. The minimum Gasteiger partial charge on any atom is -0.383 e. The molecule has 1 rings (SSSR count). The Balaban J connectivity index is 2.34. The molecule has 1 amide bonds. The second-order valence-electron chi connectivity index (χ2n) is 2.55. The fourth-order valence-electron chi connectivity index (χ4n) is 0.898. The molecular formula is C9H10N2O2S. The molecule has 0 fully saturated rings. The van der Waals surface area contributed by atoms with Crippen molar-refractivity contribution in [3.63, 3.8) is 0 Å². The van der Waals surface area contributed by atoms with Crippen molar-refractivity contribution in [2.24, 2.45) is 5.73 Å². The van der Waals surface area contributed by atoms with E-state index in [0.29, 0.717) is 6.54 Å². The Kier molecular flexibility index (Phi) is 3.87. The second kappa shape index (κ2) is 5.18. The van der Waals surface area contributed by atoms with E-state index in [4.69, 9.17) is 18.0 Å². The molecule has 4 nitrogen and oxygen atoms in total. The van der Waals surface area contributed by atoms with Gasteiger partial charge < -0.3 is 15.8 Å². The third-order valence-electron chi connectivity index (χ3n) is 1.47. The van der Waals surface area contributed by atoms with Gasteiger partial charge in [-0.05, 0) is 17.8 Å². The predicted molar refractivity (Wildman–Crippen MR) is 56.5 cm³/mol. The number of hydrogen-bond acceptors (Lipinski definition) is 3. The zero-order valence-electron chi connectivity index (χ0n) is 7.40. The minimum absolute atomic E-state index is 0.0126. The summed E-state index contributed by atoms with van der Waals surface area (Å²) in [7, 11) is 0. The SMILES string of the molecule is NC(=O)OC(=S)NCc1ccccc1. The van der Waals surface area contributed by atoms with E-state index in [-0.39, 0.29) is 5.17 Å². The van der Waals surface area contributed by atoms with E-state index in [9.17, 15) is 4.79 Å². The van der Waals surface area contributed by atoms with E-state index in [2.05, 4.69) is 10.1 Å². The van der Waals surface area contributed by atoms with Crippen LogP contribution in [0.25, 0.3) is 0 Å². The Morgan fingerprint density at radius 1 is 1.43 bits per heavy atom. The zero-order chi connectivity index (χ0) is 10.4. The number of amides is 1.